The Hall–Kier alpha value is -2.80. The van der Waals surface area contributed by atoms with Gasteiger partial charge < -0.3 is 14.2 Å². The minimum atomic E-state index is -0.0867. The van der Waals surface area contributed by atoms with Crippen LogP contribution in [0.15, 0.2) is 72.8 Å². The van der Waals surface area contributed by atoms with Gasteiger partial charge in [-0.1, -0.05) is 24.3 Å². The second kappa shape index (κ2) is 10.1. The van der Waals surface area contributed by atoms with Crippen LogP contribution in [-0.4, -0.2) is 20.0 Å². The second-order valence-electron chi connectivity index (χ2n) is 6.24. The van der Waals surface area contributed by atoms with Crippen molar-refractivity contribution in [2.24, 2.45) is 0 Å². The molecule has 4 nitrogen and oxygen atoms in total. The molecule has 0 spiro atoms. The molecule has 0 fully saturated rings. The summed E-state index contributed by atoms with van der Waals surface area (Å²) in [5, 5.41) is 0. The fourth-order valence-electron chi connectivity index (χ4n) is 2.75. The first-order valence-electron chi connectivity index (χ1n) is 9.01. The van der Waals surface area contributed by atoms with E-state index in [1.807, 2.05) is 48.5 Å². The van der Waals surface area contributed by atoms with Crippen LogP contribution in [0.1, 0.15) is 21.5 Å². The molecule has 0 radical (unpaired) electrons. The Bertz CT molecular complexity index is 1010. The van der Waals surface area contributed by atoms with E-state index in [1.165, 1.54) is 0 Å². The highest BCUT2D eigenvalue weighted by molar-refractivity contribution is 14.1. The maximum atomic E-state index is 12.4. The van der Waals surface area contributed by atoms with Crippen LogP contribution in [0.2, 0.25) is 0 Å². The van der Waals surface area contributed by atoms with Crippen LogP contribution < -0.4 is 14.2 Å². The summed E-state index contributed by atoms with van der Waals surface area (Å²) in [4.78, 5) is 12.4. The first kappa shape index (κ1) is 20.9. The molecule has 3 aromatic carbocycles. The molecule has 0 N–H and O–H groups in total. The number of benzene rings is 3. The molecular weight excluding hydrogens is 479 g/mol. The summed E-state index contributed by atoms with van der Waals surface area (Å²) in [6.45, 7) is 0.370. The van der Waals surface area contributed by atoms with Gasteiger partial charge in [-0.2, -0.15) is 0 Å². The predicted octanol–water partition coefficient (Wildman–Crippen LogP) is 5.78. The van der Waals surface area contributed by atoms with Gasteiger partial charge in [0.1, 0.15) is 23.9 Å². The van der Waals surface area contributed by atoms with Crippen LogP contribution in [0.25, 0.3) is 6.08 Å². The highest BCUT2D eigenvalue weighted by Gasteiger charge is 2.07. The number of ether oxygens (including phenoxy) is 3. The highest BCUT2D eigenvalue weighted by atomic mass is 127. The van der Waals surface area contributed by atoms with Gasteiger partial charge in [0, 0.05) is 14.7 Å². The smallest absolute Gasteiger partial charge is 0.185 e. The Labute approximate surface area is 184 Å². The zero-order valence-electron chi connectivity index (χ0n) is 16.2. The summed E-state index contributed by atoms with van der Waals surface area (Å²) in [6.07, 6.45) is 3.34. The second-order valence-corrected chi connectivity index (χ2v) is 7.49. The molecule has 0 atom stereocenters. The van der Waals surface area contributed by atoms with Gasteiger partial charge >= 0.3 is 0 Å². The van der Waals surface area contributed by atoms with E-state index >= 15 is 0 Å². The third-order valence-electron chi connectivity index (χ3n) is 4.29. The van der Waals surface area contributed by atoms with Crippen molar-refractivity contribution in [1.29, 1.82) is 0 Å². The molecule has 0 aliphatic rings. The molecule has 0 amide bonds. The Balaban J connectivity index is 1.74. The van der Waals surface area contributed by atoms with Gasteiger partial charge in [0.2, 0.25) is 0 Å². The number of carbonyl (C=O) groups excluding carboxylic acids is 1. The van der Waals surface area contributed by atoms with Crippen LogP contribution in [0.4, 0.5) is 0 Å². The lowest BCUT2D eigenvalue weighted by molar-refractivity contribution is 0.104. The van der Waals surface area contributed by atoms with Crippen molar-refractivity contribution in [1.82, 2.24) is 0 Å². The van der Waals surface area contributed by atoms with E-state index < -0.39 is 0 Å². The lowest BCUT2D eigenvalue weighted by atomic mass is 10.1. The first-order valence-corrected chi connectivity index (χ1v) is 10.1. The van der Waals surface area contributed by atoms with Gasteiger partial charge in [-0.3, -0.25) is 4.79 Å². The quantitative estimate of drug-likeness (QED) is 0.223. The predicted molar refractivity (Wildman–Crippen MR) is 123 cm³/mol. The summed E-state index contributed by atoms with van der Waals surface area (Å²) in [7, 11) is 3.21. The van der Waals surface area contributed by atoms with Crippen molar-refractivity contribution < 1.29 is 19.0 Å². The van der Waals surface area contributed by atoms with Crippen molar-refractivity contribution >= 4 is 34.5 Å². The molecule has 0 saturated carbocycles. The lowest BCUT2D eigenvalue weighted by Crippen LogP contribution is -1.99. The molecule has 29 heavy (non-hydrogen) atoms. The molecule has 5 heteroatoms. The zero-order valence-corrected chi connectivity index (χ0v) is 18.4. The van der Waals surface area contributed by atoms with Gasteiger partial charge in [-0.25, -0.2) is 0 Å². The van der Waals surface area contributed by atoms with E-state index in [4.69, 9.17) is 14.2 Å². The van der Waals surface area contributed by atoms with Crippen molar-refractivity contribution in [3.63, 3.8) is 0 Å². The van der Waals surface area contributed by atoms with E-state index in [1.54, 1.807) is 44.6 Å². The maximum absolute atomic E-state index is 12.4. The van der Waals surface area contributed by atoms with E-state index in [2.05, 4.69) is 22.6 Å². The molecule has 0 saturated heterocycles. The van der Waals surface area contributed by atoms with E-state index in [9.17, 15) is 4.79 Å². The molecule has 0 aliphatic carbocycles. The number of hydrogen-bond acceptors (Lipinski definition) is 4. The Morgan fingerprint density at radius 2 is 1.72 bits per heavy atom. The van der Waals surface area contributed by atoms with Crippen molar-refractivity contribution in [2.75, 3.05) is 14.2 Å². The number of ketones is 1. The first-order chi connectivity index (χ1) is 14.1. The Morgan fingerprint density at radius 1 is 0.931 bits per heavy atom. The van der Waals surface area contributed by atoms with Crippen LogP contribution in [-0.2, 0) is 6.61 Å². The van der Waals surface area contributed by atoms with Gasteiger partial charge in [0.05, 0.1) is 14.2 Å². The standard InChI is InChI=1S/C24H21IO4/c1-27-22-5-3-4-18(15-22)23(26)12-6-17-7-13-24(28-2)19(14-17)16-29-21-10-8-20(25)9-11-21/h3-15H,16H2,1-2H3/b12-6+. The molecular formula is C24H21IO4. The van der Waals surface area contributed by atoms with E-state index in [-0.39, 0.29) is 5.78 Å². The van der Waals surface area contributed by atoms with Gasteiger partial charge in [-0.05, 0) is 82.8 Å². The summed E-state index contributed by atoms with van der Waals surface area (Å²) in [6, 6.07) is 20.7. The Morgan fingerprint density at radius 3 is 2.45 bits per heavy atom. The van der Waals surface area contributed by atoms with Gasteiger partial charge in [0.25, 0.3) is 0 Å². The Kier molecular flexibility index (Phi) is 7.30. The van der Waals surface area contributed by atoms with Crippen LogP contribution >= 0.6 is 22.6 Å². The van der Waals surface area contributed by atoms with Crippen molar-refractivity contribution in [2.45, 2.75) is 6.61 Å². The van der Waals surface area contributed by atoms with Crippen LogP contribution in [0.3, 0.4) is 0 Å². The third kappa shape index (κ3) is 5.84. The van der Waals surface area contributed by atoms with Crippen LogP contribution in [0.5, 0.6) is 17.2 Å². The summed E-state index contributed by atoms with van der Waals surface area (Å²) < 4.78 is 17.6. The molecule has 3 aromatic rings. The summed E-state index contributed by atoms with van der Waals surface area (Å²) in [5.41, 5.74) is 2.38. The van der Waals surface area contributed by atoms with Crippen molar-refractivity contribution in [3.05, 3.63) is 93.1 Å². The lowest BCUT2D eigenvalue weighted by Gasteiger charge is -2.11. The SMILES string of the molecule is COc1cccc(C(=O)/C=C/c2ccc(OC)c(COc3ccc(I)cc3)c2)c1. The number of halogens is 1. The monoisotopic (exact) mass is 500 g/mol. The molecule has 0 bridgehead atoms. The molecule has 3 rings (SSSR count). The van der Waals surface area contributed by atoms with E-state index in [0.717, 1.165) is 26.2 Å². The largest absolute Gasteiger partial charge is 0.497 e. The molecule has 0 heterocycles. The number of allylic oxidation sites excluding steroid dienone is 1. The average Bonchev–Trinajstić information content (AvgIpc) is 2.77. The fraction of sp³-hybridized carbons (Fsp3) is 0.125. The van der Waals surface area contributed by atoms with Crippen LogP contribution in [0, 0.1) is 3.57 Å². The number of hydrogen-bond donors (Lipinski definition) is 0. The van der Waals surface area contributed by atoms with Gasteiger partial charge in [0.15, 0.2) is 5.78 Å². The number of rotatable bonds is 8. The minimum Gasteiger partial charge on any atom is -0.497 e. The maximum Gasteiger partial charge on any atom is 0.185 e. The highest BCUT2D eigenvalue weighted by Crippen LogP contribution is 2.23. The molecule has 0 aromatic heterocycles. The summed E-state index contributed by atoms with van der Waals surface area (Å²) >= 11 is 2.26. The van der Waals surface area contributed by atoms with E-state index in [0.29, 0.717) is 17.9 Å². The normalized spacial score (nSPS) is 10.7. The average molecular weight is 500 g/mol. The third-order valence-corrected chi connectivity index (χ3v) is 5.01. The molecule has 148 valence electrons. The molecule has 0 aliphatic heterocycles. The summed E-state index contributed by atoms with van der Waals surface area (Å²) in [5.74, 6) is 2.11. The zero-order chi connectivity index (χ0) is 20.6. The van der Waals surface area contributed by atoms with Gasteiger partial charge in [-0.15, -0.1) is 0 Å². The topological polar surface area (TPSA) is 44.8 Å². The number of carbonyl (C=O) groups is 1. The number of methoxy groups -OCH3 is 2. The fourth-order valence-corrected chi connectivity index (χ4v) is 3.11. The molecule has 0 unspecified atom stereocenters. The minimum absolute atomic E-state index is 0.0867. The van der Waals surface area contributed by atoms with Crippen molar-refractivity contribution in [3.8, 4) is 17.2 Å².